The maximum absolute atomic E-state index is 11.0. The molecule has 1 heterocycles. The summed E-state index contributed by atoms with van der Waals surface area (Å²) < 4.78 is 5.44. The SMILES string of the molecule is CC1(C)CCC(O)(C2(CN)CCOCC2)CC1. The Kier molecular flexibility index (Phi) is 3.54. The van der Waals surface area contributed by atoms with Gasteiger partial charge in [-0.05, 0) is 43.9 Å². The summed E-state index contributed by atoms with van der Waals surface area (Å²) in [5.41, 5.74) is 5.74. The van der Waals surface area contributed by atoms with Gasteiger partial charge in [0, 0.05) is 25.2 Å². The smallest absolute Gasteiger partial charge is 0.0717 e. The molecule has 0 amide bonds. The first-order chi connectivity index (χ1) is 7.93. The van der Waals surface area contributed by atoms with E-state index in [4.69, 9.17) is 10.5 Å². The third-order valence-electron chi connectivity index (χ3n) is 5.26. The van der Waals surface area contributed by atoms with Gasteiger partial charge in [-0.25, -0.2) is 0 Å². The molecule has 17 heavy (non-hydrogen) atoms. The predicted molar refractivity (Wildman–Crippen MR) is 68.7 cm³/mol. The molecule has 100 valence electrons. The number of rotatable bonds is 2. The van der Waals surface area contributed by atoms with Gasteiger partial charge in [0.15, 0.2) is 0 Å². The maximum Gasteiger partial charge on any atom is 0.0717 e. The molecule has 0 spiro atoms. The van der Waals surface area contributed by atoms with Crippen molar-refractivity contribution in [3.63, 3.8) is 0 Å². The van der Waals surface area contributed by atoms with E-state index in [9.17, 15) is 5.11 Å². The van der Waals surface area contributed by atoms with Gasteiger partial charge < -0.3 is 15.6 Å². The summed E-state index contributed by atoms with van der Waals surface area (Å²) in [7, 11) is 0. The summed E-state index contributed by atoms with van der Waals surface area (Å²) >= 11 is 0. The van der Waals surface area contributed by atoms with E-state index in [1.54, 1.807) is 0 Å². The van der Waals surface area contributed by atoms with Crippen molar-refractivity contribution >= 4 is 0 Å². The van der Waals surface area contributed by atoms with E-state index in [1.807, 2.05) is 0 Å². The molecule has 2 rings (SSSR count). The van der Waals surface area contributed by atoms with Crippen LogP contribution < -0.4 is 5.73 Å². The van der Waals surface area contributed by atoms with Crippen molar-refractivity contribution in [2.45, 2.75) is 58.0 Å². The van der Waals surface area contributed by atoms with Crippen molar-refractivity contribution in [3.8, 4) is 0 Å². The minimum absolute atomic E-state index is 0.0955. The van der Waals surface area contributed by atoms with Gasteiger partial charge in [0.05, 0.1) is 5.60 Å². The maximum atomic E-state index is 11.0. The highest BCUT2D eigenvalue weighted by atomic mass is 16.5. The van der Waals surface area contributed by atoms with Gasteiger partial charge in [0.25, 0.3) is 0 Å². The average Bonchev–Trinajstić information content (AvgIpc) is 2.34. The van der Waals surface area contributed by atoms with Gasteiger partial charge in [-0.2, -0.15) is 0 Å². The van der Waals surface area contributed by atoms with E-state index in [2.05, 4.69) is 13.8 Å². The van der Waals surface area contributed by atoms with Gasteiger partial charge >= 0.3 is 0 Å². The minimum atomic E-state index is -0.555. The third kappa shape index (κ3) is 2.38. The van der Waals surface area contributed by atoms with Crippen LogP contribution in [0.5, 0.6) is 0 Å². The molecule has 0 aromatic heterocycles. The minimum Gasteiger partial charge on any atom is -0.389 e. The molecule has 3 N–H and O–H groups in total. The highest BCUT2D eigenvalue weighted by Gasteiger charge is 2.52. The quantitative estimate of drug-likeness (QED) is 0.778. The Hall–Kier alpha value is -0.120. The van der Waals surface area contributed by atoms with Gasteiger partial charge in [-0.15, -0.1) is 0 Å². The lowest BCUT2D eigenvalue weighted by Gasteiger charge is -2.53. The summed E-state index contributed by atoms with van der Waals surface area (Å²) in [6, 6.07) is 0. The first-order valence-corrected chi connectivity index (χ1v) is 6.93. The van der Waals surface area contributed by atoms with Crippen LogP contribution >= 0.6 is 0 Å². The average molecular weight is 241 g/mol. The molecule has 0 bridgehead atoms. The molecule has 1 aliphatic carbocycles. The number of nitrogens with two attached hydrogens (primary N) is 1. The van der Waals surface area contributed by atoms with Gasteiger partial charge in [0.1, 0.15) is 0 Å². The molecular formula is C14H27NO2. The predicted octanol–water partition coefficient (Wildman–Crippen LogP) is 2.07. The van der Waals surface area contributed by atoms with Gasteiger partial charge in [-0.3, -0.25) is 0 Å². The Bertz CT molecular complexity index is 259. The Morgan fingerprint density at radius 1 is 1.00 bits per heavy atom. The molecule has 0 aromatic rings. The zero-order chi connectivity index (χ0) is 12.6. The monoisotopic (exact) mass is 241 g/mol. The topological polar surface area (TPSA) is 55.5 Å². The number of hydrogen-bond acceptors (Lipinski definition) is 3. The second kappa shape index (κ2) is 4.52. The Morgan fingerprint density at radius 3 is 2.00 bits per heavy atom. The van der Waals surface area contributed by atoms with E-state index >= 15 is 0 Å². The molecule has 1 aliphatic heterocycles. The summed E-state index contributed by atoms with van der Waals surface area (Å²) in [6.45, 7) is 6.69. The zero-order valence-electron chi connectivity index (χ0n) is 11.3. The van der Waals surface area contributed by atoms with Crippen LogP contribution in [-0.2, 0) is 4.74 Å². The van der Waals surface area contributed by atoms with Crippen LogP contribution in [0.3, 0.4) is 0 Å². The highest BCUT2D eigenvalue weighted by molar-refractivity contribution is 5.04. The van der Waals surface area contributed by atoms with Gasteiger partial charge in [0.2, 0.25) is 0 Å². The molecule has 0 atom stereocenters. The standard InChI is InChI=1S/C14H27NO2/c1-12(2)3-5-14(16,6-4-12)13(11-15)7-9-17-10-8-13/h16H,3-11,15H2,1-2H3. The molecular weight excluding hydrogens is 214 g/mol. The fourth-order valence-corrected chi connectivity index (χ4v) is 3.49. The van der Waals surface area contributed by atoms with Crippen molar-refractivity contribution in [2.75, 3.05) is 19.8 Å². The van der Waals surface area contributed by atoms with Crippen molar-refractivity contribution < 1.29 is 9.84 Å². The fraction of sp³-hybridized carbons (Fsp3) is 1.00. The van der Waals surface area contributed by atoms with Crippen LogP contribution in [0.1, 0.15) is 52.4 Å². The molecule has 0 radical (unpaired) electrons. The second-order valence-corrected chi connectivity index (χ2v) is 6.79. The van der Waals surface area contributed by atoms with Crippen molar-refractivity contribution in [3.05, 3.63) is 0 Å². The Morgan fingerprint density at radius 2 is 1.53 bits per heavy atom. The normalized spacial score (nSPS) is 31.1. The summed E-state index contributed by atoms with van der Waals surface area (Å²) in [5, 5.41) is 11.0. The van der Waals surface area contributed by atoms with E-state index in [-0.39, 0.29) is 5.41 Å². The summed E-state index contributed by atoms with van der Waals surface area (Å²) in [6.07, 6.45) is 5.84. The Balaban J connectivity index is 2.13. The summed E-state index contributed by atoms with van der Waals surface area (Å²) in [5.74, 6) is 0. The molecule has 1 saturated carbocycles. The molecule has 2 fully saturated rings. The fourth-order valence-electron chi connectivity index (χ4n) is 3.49. The van der Waals surface area contributed by atoms with Crippen LogP contribution in [0.15, 0.2) is 0 Å². The van der Waals surface area contributed by atoms with Gasteiger partial charge in [-0.1, -0.05) is 13.8 Å². The lowest BCUT2D eigenvalue weighted by molar-refractivity contribution is -0.156. The lowest BCUT2D eigenvalue weighted by Crippen LogP contribution is -2.57. The van der Waals surface area contributed by atoms with E-state index in [0.29, 0.717) is 12.0 Å². The number of hydrogen-bond donors (Lipinski definition) is 2. The zero-order valence-corrected chi connectivity index (χ0v) is 11.3. The van der Waals surface area contributed by atoms with Crippen LogP contribution in [-0.4, -0.2) is 30.5 Å². The first kappa shape index (κ1) is 13.3. The molecule has 3 nitrogen and oxygen atoms in total. The number of aliphatic hydroxyl groups is 1. The van der Waals surface area contributed by atoms with E-state index in [1.165, 1.54) is 0 Å². The highest BCUT2D eigenvalue weighted by Crippen LogP contribution is 2.51. The molecule has 0 aromatic carbocycles. The van der Waals surface area contributed by atoms with E-state index in [0.717, 1.165) is 51.7 Å². The molecule has 1 saturated heterocycles. The van der Waals surface area contributed by atoms with E-state index < -0.39 is 5.60 Å². The van der Waals surface area contributed by atoms with Crippen LogP contribution in [0.2, 0.25) is 0 Å². The molecule has 3 heteroatoms. The Labute approximate surface area is 105 Å². The van der Waals surface area contributed by atoms with Crippen molar-refractivity contribution in [1.82, 2.24) is 0 Å². The van der Waals surface area contributed by atoms with Crippen LogP contribution in [0, 0.1) is 10.8 Å². The largest absolute Gasteiger partial charge is 0.389 e. The third-order valence-corrected chi connectivity index (χ3v) is 5.26. The van der Waals surface area contributed by atoms with Crippen LogP contribution in [0.4, 0.5) is 0 Å². The summed E-state index contributed by atoms with van der Waals surface area (Å²) in [4.78, 5) is 0. The van der Waals surface area contributed by atoms with Crippen molar-refractivity contribution in [2.24, 2.45) is 16.6 Å². The lowest BCUT2D eigenvalue weighted by atomic mass is 9.58. The molecule has 0 unspecified atom stereocenters. The number of ether oxygens (including phenoxy) is 1. The second-order valence-electron chi connectivity index (χ2n) is 6.79. The molecule has 2 aliphatic rings. The van der Waals surface area contributed by atoms with Crippen molar-refractivity contribution in [1.29, 1.82) is 0 Å². The van der Waals surface area contributed by atoms with Crippen LogP contribution in [0.25, 0.3) is 0 Å². The first-order valence-electron chi connectivity index (χ1n) is 6.93.